The first-order valence-corrected chi connectivity index (χ1v) is 12.9. The van der Waals surface area contributed by atoms with E-state index in [1.165, 1.54) is 6.07 Å². The fraction of sp³-hybridized carbons (Fsp3) is 0.643. The van der Waals surface area contributed by atoms with E-state index in [0.717, 1.165) is 18.4 Å². The Morgan fingerprint density at radius 3 is 2.53 bits per heavy atom. The minimum absolute atomic E-state index is 0.0835. The van der Waals surface area contributed by atoms with Crippen molar-refractivity contribution in [3.05, 3.63) is 35.7 Å². The maximum Gasteiger partial charge on any atom is 0.410 e. The first-order chi connectivity index (χ1) is 16.9. The second-order valence-corrected chi connectivity index (χ2v) is 11.4. The van der Waals surface area contributed by atoms with Gasteiger partial charge in [-0.2, -0.15) is 0 Å². The SMILES string of the molecule is C[C@H](O)CNC(=O)[C@@]1(C)CC=C(c2ccc(OCC3CCN(C(=O)OC(C)(C)C)CC3)cc2F)CC1. The third-order valence-electron chi connectivity index (χ3n) is 6.89. The second kappa shape index (κ2) is 11.6. The molecule has 2 atom stereocenters. The normalized spacial score (nSPS) is 22.0. The van der Waals surface area contributed by atoms with Crippen molar-refractivity contribution in [3.8, 4) is 5.75 Å². The van der Waals surface area contributed by atoms with E-state index in [0.29, 0.717) is 56.2 Å². The van der Waals surface area contributed by atoms with E-state index in [9.17, 15) is 19.1 Å². The highest BCUT2D eigenvalue weighted by Crippen LogP contribution is 2.39. The van der Waals surface area contributed by atoms with E-state index in [1.54, 1.807) is 24.0 Å². The second-order valence-electron chi connectivity index (χ2n) is 11.4. The molecule has 1 aliphatic carbocycles. The molecule has 0 unspecified atom stereocenters. The van der Waals surface area contributed by atoms with E-state index in [4.69, 9.17) is 9.47 Å². The molecule has 0 bridgehead atoms. The minimum atomic E-state index is -0.591. The maximum absolute atomic E-state index is 15.0. The predicted octanol–water partition coefficient (Wildman–Crippen LogP) is 4.92. The summed E-state index contributed by atoms with van der Waals surface area (Å²) in [6.45, 7) is 11.1. The van der Waals surface area contributed by atoms with Gasteiger partial charge >= 0.3 is 6.09 Å². The quantitative estimate of drug-likeness (QED) is 0.550. The van der Waals surface area contributed by atoms with Gasteiger partial charge in [0.2, 0.25) is 5.91 Å². The van der Waals surface area contributed by atoms with Gasteiger partial charge < -0.3 is 24.8 Å². The number of allylic oxidation sites excluding steroid dienone is 2. The van der Waals surface area contributed by atoms with Crippen LogP contribution < -0.4 is 10.1 Å². The van der Waals surface area contributed by atoms with Crippen molar-refractivity contribution >= 4 is 17.6 Å². The number of ether oxygens (including phenoxy) is 2. The number of carbonyl (C=O) groups is 2. The van der Waals surface area contributed by atoms with Gasteiger partial charge in [-0.05, 0) is 83.4 Å². The van der Waals surface area contributed by atoms with Crippen molar-refractivity contribution in [2.75, 3.05) is 26.2 Å². The van der Waals surface area contributed by atoms with Gasteiger partial charge in [0.25, 0.3) is 0 Å². The summed E-state index contributed by atoms with van der Waals surface area (Å²) in [6, 6.07) is 4.96. The van der Waals surface area contributed by atoms with Crippen LogP contribution in [-0.4, -0.2) is 60.0 Å². The van der Waals surface area contributed by atoms with Gasteiger partial charge in [-0.25, -0.2) is 9.18 Å². The first-order valence-electron chi connectivity index (χ1n) is 12.9. The number of nitrogens with one attached hydrogen (secondary N) is 1. The fourth-order valence-electron chi connectivity index (χ4n) is 4.54. The molecule has 1 fully saturated rings. The van der Waals surface area contributed by atoms with Gasteiger partial charge in [0.1, 0.15) is 17.2 Å². The Hall–Kier alpha value is -2.61. The van der Waals surface area contributed by atoms with Gasteiger partial charge in [-0.1, -0.05) is 13.0 Å². The Bertz CT molecular complexity index is 963. The average molecular weight is 505 g/mol. The van der Waals surface area contributed by atoms with Crippen LogP contribution in [0, 0.1) is 17.2 Å². The predicted molar refractivity (Wildman–Crippen MR) is 137 cm³/mol. The summed E-state index contributed by atoms with van der Waals surface area (Å²) in [6.07, 6.45) is 4.45. The topological polar surface area (TPSA) is 88.1 Å². The molecule has 0 radical (unpaired) electrons. The molecule has 2 aliphatic rings. The number of hydrogen-bond donors (Lipinski definition) is 2. The number of carbonyl (C=O) groups excluding carboxylic acids is 2. The number of nitrogens with zero attached hydrogens (tertiary/aromatic N) is 1. The molecule has 1 saturated heterocycles. The Labute approximate surface area is 214 Å². The van der Waals surface area contributed by atoms with Crippen LogP contribution in [0.5, 0.6) is 5.75 Å². The highest BCUT2D eigenvalue weighted by Gasteiger charge is 2.35. The van der Waals surface area contributed by atoms with Crippen LogP contribution in [0.3, 0.4) is 0 Å². The molecule has 3 rings (SSSR count). The molecule has 200 valence electrons. The zero-order valence-electron chi connectivity index (χ0n) is 22.2. The monoisotopic (exact) mass is 504 g/mol. The molecular weight excluding hydrogens is 463 g/mol. The van der Waals surface area contributed by atoms with Gasteiger partial charge in [-0.15, -0.1) is 0 Å². The van der Waals surface area contributed by atoms with Crippen LogP contribution in [0.2, 0.25) is 0 Å². The molecule has 1 heterocycles. The number of rotatable bonds is 7. The van der Waals surface area contributed by atoms with Gasteiger partial charge in [0.05, 0.1) is 18.1 Å². The summed E-state index contributed by atoms with van der Waals surface area (Å²) in [4.78, 5) is 26.5. The molecule has 36 heavy (non-hydrogen) atoms. The van der Waals surface area contributed by atoms with E-state index in [1.807, 2.05) is 33.8 Å². The number of amides is 2. The number of aliphatic hydroxyl groups is 1. The van der Waals surface area contributed by atoms with Crippen LogP contribution in [0.15, 0.2) is 24.3 Å². The molecule has 0 spiro atoms. The summed E-state index contributed by atoms with van der Waals surface area (Å²) in [5.41, 5.74) is 0.375. The maximum atomic E-state index is 15.0. The van der Waals surface area contributed by atoms with Crippen molar-refractivity contribution in [3.63, 3.8) is 0 Å². The lowest BCUT2D eigenvalue weighted by atomic mass is 9.74. The van der Waals surface area contributed by atoms with E-state index < -0.39 is 17.1 Å². The van der Waals surface area contributed by atoms with E-state index >= 15 is 0 Å². The van der Waals surface area contributed by atoms with Crippen molar-refractivity contribution in [2.24, 2.45) is 11.3 Å². The van der Waals surface area contributed by atoms with Crippen molar-refractivity contribution in [1.29, 1.82) is 0 Å². The minimum Gasteiger partial charge on any atom is -0.493 e. The van der Waals surface area contributed by atoms with Gasteiger partial charge in [0, 0.05) is 31.3 Å². The van der Waals surface area contributed by atoms with E-state index in [-0.39, 0.29) is 24.4 Å². The van der Waals surface area contributed by atoms with Crippen molar-refractivity contribution in [2.45, 2.75) is 78.4 Å². The van der Waals surface area contributed by atoms with Crippen LogP contribution in [-0.2, 0) is 9.53 Å². The Morgan fingerprint density at radius 2 is 1.97 bits per heavy atom. The smallest absolute Gasteiger partial charge is 0.410 e. The summed E-state index contributed by atoms with van der Waals surface area (Å²) >= 11 is 0. The number of halogens is 1. The molecule has 0 aromatic heterocycles. The molecule has 1 aromatic rings. The van der Waals surface area contributed by atoms with Crippen LogP contribution in [0.4, 0.5) is 9.18 Å². The Morgan fingerprint density at radius 1 is 1.28 bits per heavy atom. The number of aliphatic hydroxyl groups excluding tert-OH is 1. The highest BCUT2D eigenvalue weighted by atomic mass is 19.1. The zero-order chi connectivity index (χ0) is 26.5. The molecule has 8 heteroatoms. The van der Waals surface area contributed by atoms with Crippen LogP contribution >= 0.6 is 0 Å². The molecule has 7 nitrogen and oxygen atoms in total. The van der Waals surface area contributed by atoms with Crippen molar-refractivity contribution < 1.29 is 28.6 Å². The number of likely N-dealkylation sites (tertiary alicyclic amines) is 1. The Kier molecular flexibility index (Phi) is 9.03. The standard InChI is InChI=1S/C28H41FN2O5/c1-19(32)17-30-25(33)28(5)12-8-21(9-13-28)23-7-6-22(16-24(23)29)35-18-20-10-14-31(15-11-20)26(34)36-27(2,3)4/h6-8,16,19-20,32H,9-15,17-18H2,1-5H3,(H,30,33)/t19-,28-/m0/s1. The largest absolute Gasteiger partial charge is 0.493 e. The molecule has 1 aromatic carbocycles. The van der Waals surface area contributed by atoms with Gasteiger partial charge in [-0.3, -0.25) is 4.79 Å². The number of piperidine rings is 1. The third-order valence-corrected chi connectivity index (χ3v) is 6.89. The molecule has 0 saturated carbocycles. The lowest BCUT2D eigenvalue weighted by Crippen LogP contribution is -2.42. The Balaban J connectivity index is 1.50. The lowest BCUT2D eigenvalue weighted by molar-refractivity contribution is -0.131. The van der Waals surface area contributed by atoms with Crippen molar-refractivity contribution in [1.82, 2.24) is 10.2 Å². The summed E-state index contributed by atoms with van der Waals surface area (Å²) in [5.74, 6) is 0.371. The zero-order valence-corrected chi connectivity index (χ0v) is 22.2. The highest BCUT2D eigenvalue weighted by molar-refractivity contribution is 5.84. The lowest BCUT2D eigenvalue weighted by Gasteiger charge is -2.33. The molecular formula is C28H41FN2O5. The van der Waals surface area contributed by atoms with Gasteiger partial charge in [0.15, 0.2) is 0 Å². The summed E-state index contributed by atoms with van der Waals surface area (Å²) in [5, 5.41) is 12.2. The van der Waals surface area contributed by atoms with E-state index in [2.05, 4.69) is 5.32 Å². The molecule has 2 amide bonds. The third kappa shape index (κ3) is 7.69. The van der Waals surface area contributed by atoms with Crippen LogP contribution in [0.1, 0.15) is 72.3 Å². The van der Waals surface area contributed by atoms with Crippen LogP contribution in [0.25, 0.3) is 5.57 Å². The molecule has 1 aliphatic heterocycles. The summed E-state index contributed by atoms with van der Waals surface area (Å²) in [7, 11) is 0. The molecule has 2 N–H and O–H groups in total. The fourth-order valence-corrected chi connectivity index (χ4v) is 4.54. The summed E-state index contributed by atoms with van der Waals surface area (Å²) < 4.78 is 26.3. The number of benzene rings is 1. The number of hydrogen-bond acceptors (Lipinski definition) is 5. The first kappa shape index (κ1) is 28.0. The average Bonchev–Trinajstić information content (AvgIpc) is 2.81.